The Morgan fingerprint density at radius 1 is 1.24 bits per heavy atom. The van der Waals surface area contributed by atoms with Crippen molar-refractivity contribution in [2.45, 2.75) is 27.2 Å². The Labute approximate surface area is 104 Å². The summed E-state index contributed by atoms with van der Waals surface area (Å²) in [7, 11) is 0. The molecule has 0 heterocycles. The Bertz CT molecular complexity index is 496. The zero-order chi connectivity index (χ0) is 12.0. The van der Waals surface area contributed by atoms with E-state index in [0.717, 1.165) is 0 Å². The lowest BCUT2D eigenvalue weighted by atomic mass is 9.63. The number of hydrogen-bond acceptors (Lipinski definition) is 0. The predicted octanol–water partition coefficient (Wildman–Crippen LogP) is 4.59. The van der Waals surface area contributed by atoms with Crippen molar-refractivity contribution in [2.75, 3.05) is 0 Å². The monoisotopic (exact) mass is 224 g/mol. The zero-order valence-corrected chi connectivity index (χ0v) is 10.9. The van der Waals surface area contributed by atoms with Crippen LogP contribution in [0.15, 0.2) is 59.3 Å². The van der Waals surface area contributed by atoms with E-state index in [0.29, 0.717) is 11.8 Å². The van der Waals surface area contributed by atoms with Crippen molar-refractivity contribution in [3.63, 3.8) is 0 Å². The third-order valence-electron chi connectivity index (χ3n) is 4.65. The van der Waals surface area contributed by atoms with Crippen LogP contribution in [0, 0.1) is 17.3 Å². The van der Waals surface area contributed by atoms with E-state index in [4.69, 9.17) is 0 Å². The largest absolute Gasteiger partial charge is 0.0795 e. The van der Waals surface area contributed by atoms with Crippen LogP contribution in [-0.4, -0.2) is 0 Å². The number of rotatable bonds is 0. The topological polar surface area (TPSA) is 0 Å². The Kier molecular flexibility index (Phi) is 2.29. The molecule has 0 N–H and O–H groups in total. The van der Waals surface area contributed by atoms with Crippen molar-refractivity contribution < 1.29 is 0 Å². The molecule has 0 aromatic carbocycles. The summed E-state index contributed by atoms with van der Waals surface area (Å²) in [6.07, 6.45) is 17.4. The zero-order valence-electron chi connectivity index (χ0n) is 10.9. The van der Waals surface area contributed by atoms with Crippen LogP contribution in [0.25, 0.3) is 0 Å². The molecule has 0 radical (unpaired) electrons. The van der Waals surface area contributed by atoms with Crippen molar-refractivity contribution >= 4 is 0 Å². The Morgan fingerprint density at radius 3 is 2.88 bits per heavy atom. The summed E-state index contributed by atoms with van der Waals surface area (Å²) in [6, 6.07) is 0. The van der Waals surface area contributed by atoms with Gasteiger partial charge in [0, 0.05) is 11.3 Å². The van der Waals surface area contributed by atoms with E-state index >= 15 is 0 Å². The molecule has 0 saturated heterocycles. The fourth-order valence-electron chi connectivity index (χ4n) is 3.22. The molecule has 17 heavy (non-hydrogen) atoms. The lowest BCUT2D eigenvalue weighted by Crippen LogP contribution is -2.30. The minimum absolute atomic E-state index is 0.185. The molecule has 0 aromatic rings. The van der Waals surface area contributed by atoms with E-state index in [1.165, 1.54) is 12.0 Å². The number of hydrogen-bond donors (Lipinski definition) is 0. The lowest BCUT2D eigenvalue weighted by molar-refractivity contribution is 0.427. The van der Waals surface area contributed by atoms with Gasteiger partial charge in [0.25, 0.3) is 0 Å². The molecule has 3 aliphatic rings. The average Bonchev–Trinajstić information content (AvgIpc) is 2.33. The third-order valence-corrected chi connectivity index (χ3v) is 4.65. The smallest absolute Gasteiger partial charge is 0.0147 e. The normalized spacial score (nSPS) is 38.9. The average molecular weight is 224 g/mol. The molecular weight excluding hydrogens is 204 g/mol. The summed E-state index contributed by atoms with van der Waals surface area (Å²) in [6.45, 7) is 6.95. The highest BCUT2D eigenvalue weighted by atomic mass is 14.4. The van der Waals surface area contributed by atoms with Gasteiger partial charge in [-0.1, -0.05) is 62.0 Å². The molecule has 0 heteroatoms. The van der Waals surface area contributed by atoms with Gasteiger partial charge in [-0.2, -0.15) is 0 Å². The van der Waals surface area contributed by atoms with Crippen molar-refractivity contribution in [1.29, 1.82) is 0 Å². The summed E-state index contributed by atoms with van der Waals surface area (Å²) in [4.78, 5) is 0. The van der Waals surface area contributed by atoms with Gasteiger partial charge in [-0.15, -0.1) is 0 Å². The van der Waals surface area contributed by atoms with Crippen LogP contribution in [0.1, 0.15) is 27.2 Å². The van der Waals surface area contributed by atoms with Gasteiger partial charge < -0.3 is 0 Å². The molecule has 3 atom stereocenters. The Hall–Kier alpha value is -1.30. The first-order chi connectivity index (χ1) is 8.12. The minimum Gasteiger partial charge on any atom is -0.0795 e. The van der Waals surface area contributed by atoms with Crippen LogP contribution >= 0.6 is 0 Å². The first-order valence-electron chi connectivity index (χ1n) is 6.58. The van der Waals surface area contributed by atoms with Crippen molar-refractivity contribution in [1.82, 2.24) is 0 Å². The molecule has 3 aliphatic carbocycles. The van der Waals surface area contributed by atoms with Gasteiger partial charge in [0.1, 0.15) is 0 Å². The first-order valence-corrected chi connectivity index (χ1v) is 6.58. The van der Waals surface area contributed by atoms with Gasteiger partial charge in [0.05, 0.1) is 0 Å². The molecule has 0 saturated carbocycles. The fraction of sp³-hybridized carbons (Fsp3) is 0.412. The highest BCUT2D eigenvalue weighted by molar-refractivity contribution is 5.55. The molecule has 3 unspecified atom stereocenters. The second kappa shape index (κ2) is 3.60. The maximum Gasteiger partial charge on any atom is 0.0147 e. The van der Waals surface area contributed by atoms with Crippen molar-refractivity contribution in [3.05, 3.63) is 59.3 Å². The number of fused-ring (bicyclic) bond motifs is 3. The van der Waals surface area contributed by atoms with Crippen LogP contribution in [0.5, 0.6) is 0 Å². The van der Waals surface area contributed by atoms with Gasteiger partial charge >= 0.3 is 0 Å². The molecule has 0 fully saturated rings. The molecule has 88 valence electrons. The molecule has 3 rings (SSSR count). The molecule has 0 bridgehead atoms. The van der Waals surface area contributed by atoms with E-state index in [1.807, 2.05) is 0 Å². The van der Waals surface area contributed by atoms with E-state index in [-0.39, 0.29) is 5.41 Å². The van der Waals surface area contributed by atoms with Gasteiger partial charge in [-0.05, 0) is 30.4 Å². The summed E-state index contributed by atoms with van der Waals surface area (Å²) in [5, 5.41) is 0. The second-order valence-electron chi connectivity index (χ2n) is 5.81. The molecule has 0 spiro atoms. The van der Waals surface area contributed by atoms with Crippen LogP contribution in [0.4, 0.5) is 0 Å². The summed E-state index contributed by atoms with van der Waals surface area (Å²) >= 11 is 0. The van der Waals surface area contributed by atoms with Crippen LogP contribution in [0.2, 0.25) is 0 Å². The van der Waals surface area contributed by atoms with Crippen LogP contribution in [0.3, 0.4) is 0 Å². The van der Waals surface area contributed by atoms with Crippen molar-refractivity contribution in [2.24, 2.45) is 17.3 Å². The minimum atomic E-state index is 0.185. The highest BCUT2D eigenvalue weighted by Gasteiger charge is 2.37. The standard InChI is InChI=1S/C17H20/c1-12-7-8-15-14(13(12)2)9-11-17(3)10-5-4-6-16(15)17/h4-6,8-12,16H,7H2,1-3H3. The van der Waals surface area contributed by atoms with E-state index in [1.54, 1.807) is 11.1 Å². The van der Waals surface area contributed by atoms with Gasteiger partial charge in [-0.3, -0.25) is 0 Å². The molecule has 0 aromatic heterocycles. The highest BCUT2D eigenvalue weighted by Crippen LogP contribution is 2.48. The Morgan fingerprint density at radius 2 is 2.06 bits per heavy atom. The maximum atomic E-state index is 2.46. The van der Waals surface area contributed by atoms with Gasteiger partial charge in [0.15, 0.2) is 0 Å². The molecule has 0 amide bonds. The summed E-state index contributed by atoms with van der Waals surface area (Å²) in [5.41, 5.74) is 4.78. The second-order valence-corrected chi connectivity index (χ2v) is 5.81. The lowest BCUT2D eigenvalue weighted by Gasteiger charge is -2.41. The van der Waals surface area contributed by atoms with Gasteiger partial charge in [-0.25, -0.2) is 0 Å². The molecule has 0 aliphatic heterocycles. The Balaban J connectivity index is 2.15. The van der Waals surface area contributed by atoms with Crippen molar-refractivity contribution in [3.8, 4) is 0 Å². The molecule has 0 nitrogen and oxygen atoms in total. The predicted molar refractivity (Wildman–Crippen MR) is 73.6 cm³/mol. The summed E-state index contributed by atoms with van der Waals surface area (Å²) in [5.74, 6) is 1.24. The quantitative estimate of drug-likeness (QED) is 0.564. The van der Waals surface area contributed by atoms with Gasteiger partial charge in [0.2, 0.25) is 0 Å². The van der Waals surface area contributed by atoms with E-state index in [9.17, 15) is 0 Å². The summed E-state index contributed by atoms with van der Waals surface area (Å²) < 4.78 is 0. The fourth-order valence-corrected chi connectivity index (χ4v) is 3.22. The van der Waals surface area contributed by atoms with E-state index < -0.39 is 0 Å². The van der Waals surface area contributed by atoms with E-state index in [2.05, 4.69) is 63.3 Å². The van der Waals surface area contributed by atoms with Crippen LogP contribution < -0.4 is 0 Å². The van der Waals surface area contributed by atoms with Crippen LogP contribution in [-0.2, 0) is 0 Å². The maximum absolute atomic E-state index is 2.46. The SMILES string of the molecule is CC1=C2C=CC3(C)C=CC=CC3C2=CCC1C. The number of allylic oxidation sites excluding steroid dienone is 10. The molecular formula is C17H20. The first kappa shape index (κ1) is 10.8. The third kappa shape index (κ3) is 1.50.